The molecule has 2 atom stereocenters. The number of rotatable bonds is 3. The Morgan fingerprint density at radius 3 is 2.67 bits per heavy atom. The van der Waals surface area contributed by atoms with E-state index >= 15 is 0 Å². The van der Waals surface area contributed by atoms with E-state index in [1.54, 1.807) is 0 Å². The molecule has 2 rings (SSSR count). The molecule has 21 heavy (non-hydrogen) atoms. The van der Waals surface area contributed by atoms with Crippen LogP contribution in [0.1, 0.15) is 12.0 Å². The number of amides is 2. The van der Waals surface area contributed by atoms with Crippen LogP contribution in [0.5, 0.6) is 0 Å². The molecule has 114 valence electrons. The summed E-state index contributed by atoms with van der Waals surface area (Å²) in [5.41, 5.74) is 0.869. The number of nitrogens with zero attached hydrogens (tertiary/aromatic N) is 1. The molecule has 1 aromatic carbocycles. The monoisotopic (exact) mass is 294 g/mol. The van der Waals surface area contributed by atoms with Crippen molar-refractivity contribution >= 4 is 12.2 Å². The summed E-state index contributed by atoms with van der Waals surface area (Å²) in [6, 6.07) is 8.75. The zero-order valence-corrected chi connectivity index (χ0v) is 11.4. The highest BCUT2D eigenvalue weighted by Gasteiger charge is 2.31. The van der Waals surface area contributed by atoms with Crippen molar-refractivity contribution in [1.29, 1.82) is 0 Å². The molecule has 0 saturated carbocycles. The molecule has 0 radical (unpaired) electrons. The van der Waals surface area contributed by atoms with Crippen LogP contribution in [-0.2, 0) is 11.3 Å². The summed E-state index contributed by atoms with van der Waals surface area (Å²) in [5.74, 6) is 0. The second kappa shape index (κ2) is 6.94. The topological polar surface area (TPSA) is 99.1 Å². The second-order valence-electron chi connectivity index (χ2n) is 4.90. The summed E-state index contributed by atoms with van der Waals surface area (Å²) < 4.78 is 5.06. The van der Waals surface area contributed by atoms with Crippen LogP contribution in [0, 0.1) is 0 Å². The molecule has 1 aromatic rings. The highest BCUT2D eigenvalue weighted by Crippen LogP contribution is 2.11. The van der Waals surface area contributed by atoms with Crippen molar-refractivity contribution in [2.75, 3.05) is 13.1 Å². The van der Waals surface area contributed by atoms with Crippen molar-refractivity contribution in [1.82, 2.24) is 10.2 Å². The fraction of sp³-hybridized carbons (Fsp3) is 0.429. The van der Waals surface area contributed by atoms with Gasteiger partial charge in [0.1, 0.15) is 6.61 Å². The molecular formula is C14H18N2O5. The number of nitrogens with one attached hydrogen (secondary N) is 1. The lowest BCUT2D eigenvalue weighted by Crippen LogP contribution is -2.55. The smallest absolute Gasteiger partial charge is 0.407 e. The maximum atomic E-state index is 11.7. The molecule has 7 nitrogen and oxygen atoms in total. The van der Waals surface area contributed by atoms with Crippen LogP contribution >= 0.6 is 0 Å². The van der Waals surface area contributed by atoms with E-state index in [0.717, 1.165) is 10.5 Å². The minimum atomic E-state index is -1.07. The molecule has 2 amide bonds. The number of carbonyl (C=O) groups is 2. The minimum Gasteiger partial charge on any atom is -0.465 e. The third-order valence-corrected chi connectivity index (χ3v) is 3.37. The van der Waals surface area contributed by atoms with E-state index in [4.69, 9.17) is 9.84 Å². The molecule has 0 spiro atoms. The van der Waals surface area contributed by atoms with E-state index in [-0.39, 0.29) is 19.7 Å². The lowest BCUT2D eigenvalue weighted by molar-refractivity contribution is 0.0383. The maximum absolute atomic E-state index is 11.7. The van der Waals surface area contributed by atoms with Gasteiger partial charge in [-0.3, -0.25) is 0 Å². The number of carbonyl (C=O) groups excluding carboxylic acids is 1. The Labute approximate surface area is 122 Å². The highest BCUT2D eigenvalue weighted by molar-refractivity contribution is 5.68. The number of carboxylic acid groups (broad SMARTS) is 1. The maximum Gasteiger partial charge on any atom is 0.407 e. The first-order chi connectivity index (χ1) is 10.1. The molecular weight excluding hydrogens is 276 g/mol. The predicted octanol–water partition coefficient (Wildman–Crippen LogP) is 1.03. The number of likely N-dealkylation sites (tertiary alicyclic amines) is 1. The normalized spacial score (nSPS) is 21.7. The number of benzene rings is 1. The Balaban J connectivity index is 1.77. The summed E-state index contributed by atoms with van der Waals surface area (Å²) in [6.07, 6.45) is -2.27. The number of alkyl carbamates (subject to hydrolysis) is 1. The van der Waals surface area contributed by atoms with Gasteiger partial charge >= 0.3 is 12.2 Å². The van der Waals surface area contributed by atoms with E-state index in [0.29, 0.717) is 6.42 Å². The minimum absolute atomic E-state index is 0.0149. The fourth-order valence-electron chi connectivity index (χ4n) is 2.19. The quantitative estimate of drug-likeness (QED) is 0.773. The first kappa shape index (κ1) is 15.1. The van der Waals surface area contributed by atoms with Crippen molar-refractivity contribution in [3.8, 4) is 0 Å². The van der Waals surface area contributed by atoms with Gasteiger partial charge in [-0.1, -0.05) is 30.3 Å². The molecule has 1 aliphatic heterocycles. The van der Waals surface area contributed by atoms with Crippen LogP contribution < -0.4 is 5.32 Å². The van der Waals surface area contributed by atoms with Gasteiger partial charge in [0.25, 0.3) is 0 Å². The molecule has 0 bridgehead atoms. The lowest BCUT2D eigenvalue weighted by Gasteiger charge is -2.34. The van der Waals surface area contributed by atoms with Gasteiger partial charge in [0.2, 0.25) is 0 Å². The molecule has 1 saturated heterocycles. The van der Waals surface area contributed by atoms with Crippen LogP contribution in [0.3, 0.4) is 0 Å². The standard InChI is InChI=1S/C14H18N2O5/c17-12-8-16(14(19)20)7-6-11(12)15-13(18)21-9-10-4-2-1-3-5-10/h1-5,11-12,17H,6-9H2,(H,15,18)(H,19,20)/t11-,12-/m1/s1. The first-order valence-electron chi connectivity index (χ1n) is 6.69. The summed E-state index contributed by atoms with van der Waals surface area (Å²) in [7, 11) is 0. The molecule has 0 unspecified atom stereocenters. The van der Waals surface area contributed by atoms with Gasteiger partial charge in [0, 0.05) is 6.54 Å². The lowest BCUT2D eigenvalue weighted by atomic mass is 10.0. The zero-order valence-electron chi connectivity index (χ0n) is 11.4. The molecule has 7 heteroatoms. The predicted molar refractivity (Wildman–Crippen MR) is 73.8 cm³/mol. The van der Waals surface area contributed by atoms with Crippen LogP contribution in [-0.4, -0.2) is 52.5 Å². The SMILES string of the molecule is O=C(N[C@@H]1CCN(C(=O)O)C[C@H]1O)OCc1ccccc1. The number of hydrogen-bond acceptors (Lipinski definition) is 4. The fourth-order valence-corrected chi connectivity index (χ4v) is 2.19. The molecule has 1 aliphatic rings. The Morgan fingerprint density at radius 1 is 1.33 bits per heavy atom. The zero-order chi connectivity index (χ0) is 15.2. The van der Waals surface area contributed by atoms with Crippen molar-refractivity contribution < 1.29 is 24.5 Å². The summed E-state index contributed by atoms with van der Waals surface area (Å²) >= 11 is 0. The van der Waals surface area contributed by atoms with E-state index < -0.39 is 24.3 Å². The van der Waals surface area contributed by atoms with E-state index in [1.807, 2.05) is 30.3 Å². The van der Waals surface area contributed by atoms with Crippen LogP contribution in [0.25, 0.3) is 0 Å². The number of piperidine rings is 1. The molecule has 1 heterocycles. The van der Waals surface area contributed by atoms with Gasteiger partial charge < -0.3 is 25.2 Å². The highest BCUT2D eigenvalue weighted by atomic mass is 16.5. The van der Waals surface area contributed by atoms with Crippen LogP contribution in [0.15, 0.2) is 30.3 Å². The van der Waals surface area contributed by atoms with E-state index in [1.165, 1.54) is 0 Å². The van der Waals surface area contributed by atoms with Crippen LogP contribution in [0.4, 0.5) is 9.59 Å². The first-order valence-corrected chi connectivity index (χ1v) is 6.69. The number of aliphatic hydroxyl groups excluding tert-OH is 1. The van der Waals surface area contributed by atoms with Crippen LogP contribution in [0.2, 0.25) is 0 Å². The van der Waals surface area contributed by atoms with Gasteiger partial charge in [0.05, 0.1) is 18.7 Å². The van der Waals surface area contributed by atoms with Gasteiger partial charge in [0.15, 0.2) is 0 Å². The van der Waals surface area contributed by atoms with Crippen molar-refractivity contribution in [2.45, 2.75) is 25.2 Å². The Kier molecular flexibility index (Phi) is 4.99. The molecule has 3 N–H and O–H groups in total. The third kappa shape index (κ3) is 4.35. The number of aliphatic hydroxyl groups is 1. The van der Waals surface area contributed by atoms with Crippen molar-refractivity contribution in [2.24, 2.45) is 0 Å². The molecule has 0 aromatic heterocycles. The Bertz CT molecular complexity index is 493. The largest absolute Gasteiger partial charge is 0.465 e. The molecule has 0 aliphatic carbocycles. The summed E-state index contributed by atoms with van der Waals surface area (Å²) in [4.78, 5) is 23.6. The summed E-state index contributed by atoms with van der Waals surface area (Å²) in [5, 5.41) is 21.3. The average molecular weight is 294 g/mol. The average Bonchev–Trinajstić information content (AvgIpc) is 2.48. The van der Waals surface area contributed by atoms with Gasteiger partial charge in [-0.25, -0.2) is 9.59 Å². The van der Waals surface area contributed by atoms with Crippen molar-refractivity contribution in [3.63, 3.8) is 0 Å². The van der Waals surface area contributed by atoms with E-state index in [9.17, 15) is 14.7 Å². The number of β-amino-alcohol motifs (C(OH)–C–C–N with tert-alkyl or cyclic N) is 1. The Morgan fingerprint density at radius 2 is 2.05 bits per heavy atom. The number of ether oxygens (including phenoxy) is 1. The second-order valence-corrected chi connectivity index (χ2v) is 4.90. The van der Waals surface area contributed by atoms with Gasteiger partial charge in [-0.2, -0.15) is 0 Å². The summed E-state index contributed by atoms with van der Waals surface area (Å²) in [6.45, 7) is 0.408. The molecule has 1 fully saturated rings. The van der Waals surface area contributed by atoms with E-state index in [2.05, 4.69) is 5.32 Å². The Hall–Kier alpha value is -2.28. The van der Waals surface area contributed by atoms with Gasteiger partial charge in [-0.05, 0) is 12.0 Å². The number of hydrogen-bond donors (Lipinski definition) is 3. The van der Waals surface area contributed by atoms with Gasteiger partial charge in [-0.15, -0.1) is 0 Å². The van der Waals surface area contributed by atoms with Crippen molar-refractivity contribution in [3.05, 3.63) is 35.9 Å². The third-order valence-electron chi connectivity index (χ3n) is 3.37.